The fourth-order valence-corrected chi connectivity index (χ4v) is 1.39. The molecule has 0 aromatic carbocycles. The molecule has 1 fully saturated rings. The minimum Gasteiger partial charge on any atom is -0.463 e. The Labute approximate surface area is 86.1 Å². The minimum absolute atomic E-state index is 0.470. The first-order valence-electron chi connectivity index (χ1n) is 4.15. The second kappa shape index (κ2) is 4.19. The van der Waals surface area contributed by atoms with Gasteiger partial charge in [-0.25, -0.2) is 9.97 Å². The first-order chi connectivity index (χ1) is 6.38. The summed E-state index contributed by atoms with van der Waals surface area (Å²) in [6, 6.07) is 0.470. The van der Waals surface area contributed by atoms with Gasteiger partial charge in [-0.2, -0.15) is 0 Å². The Morgan fingerprint density at radius 1 is 1.46 bits per heavy atom. The third kappa shape index (κ3) is 2.77. The van der Waals surface area contributed by atoms with E-state index in [1.54, 1.807) is 12.4 Å². The van der Waals surface area contributed by atoms with Gasteiger partial charge in [0, 0.05) is 12.4 Å². The van der Waals surface area contributed by atoms with E-state index < -0.39 is 0 Å². The monoisotopic (exact) mass is 214 g/mol. The van der Waals surface area contributed by atoms with Crippen LogP contribution >= 0.6 is 22.5 Å². The molecule has 70 valence electrons. The summed E-state index contributed by atoms with van der Waals surface area (Å²) in [6.07, 6.45) is 5.99. The third-order valence-corrected chi connectivity index (χ3v) is 2.91. The molecule has 0 atom stereocenters. The fraction of sp³-hybridized carbons (Fsp3) is 0.500. The van der Waals surface area contributed by atoms with Crippen molar-refractivity contribution in [2.45, 2.75) is 17.7 Å². The van der Waals surface area contributed by atoms with Crippen molar-refractivity contribution in [3.05, 3.63) is 12.4 Å². The second-order valence-corrected chi connectivity index (χ2v) is 4.25. The zero-order valence-corrected chi connectivity index (χ0v) is 8.72. The lowest BCUT2D eigenvalue weighted by atomic mass is 10.5. The molecule has 1 saturated carbocycles. The number of rotatable bonds is 4. The largest absolute Gasteiger partial charge is 0.463 e. The summed E-state index contributed by atoms with van der Waals surface area (Å²) in [5.74, 6) is 0.738. The van der Waals surface area contributed by atoms with Crippen LogP contribution in [0.4, 0.5) is 0 Å². The van der Waals surface area contributed by atoms with Crippen LogP contribution < -0.4 is 4.74 Å². The Hall–Kier alpha value is -0.420. The van der Waals surface area contributed by atoms with Gasteiger partial charge in [0.15, 0.2) is 0 Å². The Balaban J connectivity index is 1.88. The van der Waals surface area contributed by atoms with Crippen molar-refractivity contribution in [3.63, 3.8) is 0 Å². The Morgan fingerprint density at radius 2 is 2.15 bits per heavy atom. The molecule has 1 aromatic rings. The lowest BCUT2D eigenvalue weighted by Gasteiger charge is -2.01. The summed E-state index contributed by atoms with van der Waals surface area (Å²) in [6.45, 7) is 0.757. The van der Waals surface area contributed by atoms with E-state index >= 15 is 0 Å². The molecule has 0 unspecified atom stereocenters. The third-order valence-electron chi connectivity index (χ3n) is 1.85. The van der Waals surface area contributed by atoms with Crippen LogP contribution in [0.25, 0.3) is 0 Å². The zero-order valence-electron chi connectivity index (χ0n) is 7.01. The van der Waals surface area contributed by atoms with Crippen molar-refractivity contribution in [1.82, 2.24) is 9.97 Å². The number of hydrogen-bond donors (Lipinski definition) is 1. The van der Waals surface area contributed by atoms with Crippen molar-refractivity contribution >= 4 is 22.5 Å². The van der Waals surface area contributed by atoms with Crippen molar-refractivity contribution in [1.29, 1.82) is 0 Å². The maximum atomic E-state index is 5.37. The topological polar surface area (TPSA) is 35.0 Å². The summed E-state index contributed by atoms with van der Waals surface area (Å²) in [7, 11) is 1.33. The van der Waals surface area contributed by atoms with E-state index in [4.69, 9.17) is 4.74 Å². The SMILES string of the molecule is SSc1cnc(OCC2CC2)nc1. The second-order valence-electron chi connectivity index (χ2n) is 3.05. The number of ether oxygens (including phenoxy) is 1. The first-order valence-corrected chi connectivity index (χ1v) is 6.01. The molecule has 0 amide bonds. The van der Waals surface area contributed by atoms with Crippen molar-refractivity contribution < 1.29 is 4.74 Å². The molecule has 0 spiro atoms. The molecule has 1 aliphatic rings. The van der Waals surface area contributed by atoms with Crippen molar-refractivity contribution in [2.24, 2.45) is 5.92 Å². The van der Waals surface area contributed by atoms with Gasteiger partial charge in [-0.05, 0) is 18.8 Å². The highest BCUT2D eigenvalue weighted by Gasteiger charge is 2.22. The number of aromatic nitrogens is 2. The van der Waals surface area contributed by atoms with Crippen molar-refractivity contribution in [3.8, 4) is 6.01 Å². The van der Waals surface area contributed by atoms with Crippen LogP contribution in [0, 0.1) is 5.92 Å². The molecule has 0 radical (unpaired) electrons. The highest BCUT2D eigenvalue weighted by Crippen LogP contribution is 2.29. The predicted molar refractivity (Wildman–Crippen MR) is 55.1 cm³/mol. The van der Waals surface area contributed by atoms with E-state index in [1.807, 2.05) is 0 Å². The summed E-state index contributed by atoms with van der Waals surface area (Å²) < 4.78 is 5.37. The lowest BCUT2D eigenvalue weighted by molar-refractivity contribution is 0.275. The molecule has 1 aliphatic carbocycles. The van der Waals surface area contributed by atoms with Gasteiger partial charge in [0.05, 0.1) is 11.5 Å². The molecular formula is C8H10N2OS2. The van der Waals surface area contributed by atoms with Crippen LogP contribution in [0.1, 0.15) is 12.8 Å². The van der Waals surface area contributed by atoms with E-state index in [1.165, 1.54) is 23.6 Å². The summed E-state index contributed by atoms with van der Waals surface area (Å²) in [4.78, 5) is 9.02. The van der Waals surface area contributed by atoms with E-state index in [9.17, 15) is 0 Å². The average Bonchev–Trinajstić information content (AvgIpc) is 2.99. The van der Waals surface area contributed by atoms with E-state index in [0.29, 0.717) is 6.01 Å². The van der Waals surface area contributed by atoms with Gasteiger partial charge in [-0.3, -0.25) is 0 Å². The molecule has 2 rings (SSSR count). The molecular weight excluding hydrogens is 204 g/mol. The highest BCUT2D eigenvalue weighted by molar-refractivity contribution is 8.68. The Bertz CT molecular complexity index is 274. The maximum absolute atomic E-state index is 5.37. The molecule has 0 saturated heterocycles. The van der Waals surface area contributed by atoms with Crippen LogP contribution in [0.2, 0.25) is 0 Å². The van der Waals surface area contributed by atoms with Gasteiger partial charge in [-0.15, -0.1) is 11.7 Å². The highest BCUT2D eigenvalue weighted by atomic mass is 33.1. The van der Waals surface area contributed by atoms with Gasteiger partial charge >= 0.3 is 6.01 Å². The summed E-state index contributed by atoms with van der Waals surface area (Å²) in [5, 5.41) is 0. The Kier molecular flexibility index (Phi) is 2.95. The van der Waals surface area contributed by atoms with Crippen LogP contribution in [0.3, 0.4) is 0 Å². The summed E-state index contributed by atoms with van der Waals surface area (Å²) in [5.41, 5.74) is 0. The van der Waals surface area contributed by atoms with E-state index in [0.717, 1.165) is 17.4 Å². The normalized spacial score (nSPS) is 15.8. The van der Waals surface area contributed by atoms with Crippen LogP contribution in [0.15, 0.2) is 17.3 Å². The molecule has 1 heterocycles. The van der Waals surface area contributed by atoms with Crippen molar-refractivity contribution in [2.75, 3.05) is 6.61 Å². The van der Waals surface area contributed by atoms with E-state index in [-0.39, 0.29) is 0 Å². The molecule has 0 aliphatic heterocycles. The van der Waals surface area contributed by atoms with Crippen LogP contribution in [0.5, 0.6) is 6.01 Å². The molecule has 5 heteroatoms. The van der Waals surface area contributed by atoms with Crippen LogP contribution in [-0.2, 0) is 0 Å². The van der Waals surface area contributed by atoms with Gasteiger partial charge in [0.1, 0.15) is 0 Å². The quantitative estimate of drug-likeness (QED) is 0.615. The fourth-order valence-electron chi connectivity index (χ4n) is 0.903. The Morgan fingerprint density at radius 3 is 2.69 bits per heavy atom. The average molecular weight is 214 g/mol. The number of thiol groups is 1. The molecule has 3 nitrogen and oxygen atoms in total. The lowest BCUT2D eigenvalue weighted by Crippen LogP contribution is -2.02. The maximum Gasteiger partial charge on any atom is 0.316 e. The number of nitrogens with zero attached hydrogens (tertiary/aromatic N) is 2. The smallest absolute Gasteiger partial charge is 0.316 e. The van der Waals surface area contributed by atoms with E-state index in [2.05, 4.69) is 21.6 Å². The molecule has 0 N–H and O–H groups in total. The van der Waals surface area contributed by atoms with Gasteiger partial charge in [-0.1, -0.05) is 10.8 Å². The minimum atomic E-state index is 0.470. The van der Waals surface area contributed by atoms with Gasteiger partial charge in [0.2, 0.25) is 0 Å². The number of hydrogen-bond acceptors (Lipinski definition) is 5. The molecule has 1 aromatic heterocycles. The zero-order chi connectivity index (χ0) is 9.10. The van der Waals surface area contributed by atoms with Crippen LogP contribution in [-0.4, -0.2) is 16.6 Å². The molecule has 13 heavy (non-hydrogen) atoms. The van der Waals surface area contributed by atoms with Gasteiger partial charge in [0.25, 0.3) is 0 Å². The molecule has 0 bridgehead atoms. The first kappa shape index (κ1) is 9.15. The van der Waals surface area contributed by atoms with Gasteiger partial charge < -0.3 is 4.74 Å². The summed E-state index contributed by atoms with van der Waals surface area (Å²) >= 11 is 4.04. The predicted octanol–water partition coefficient (Wildman–Crippen LogP) is 2.20. The standard InChI is InChI=1S/C8H10N2OS2/c12-13-7-3-9-8(10-4-7)11-5-6-1-2-6/h3-4,6,12H,1-2,5H2.